The number of rotatable bonds is 6. The van der Waals surface area contributed by atoms with Gasteiger partial charge in [0.05, 0.1) is 30.9 Å². The molecule has 0 bridgehead atoms. The molecule has 2 saturated heterocycles. The summed E-state index contributed by atoms with van der Waals surface area (Å²) in [6.45, 7) is 8.20. The molecule has 3 atom stereocenters. The quantitative estimate of drug-likeness (QED) is 0.824. The van der Waals surface area contributed by atoms with Gasteiger partial charge in [0.1, 0.15) is 5.76 Å². The SMILES string of the molecule is C[C@@H]1CN(CCNC(=O)[C@H]2CC(=O)N(Cc3ccco3)C2)C[C@@H](C)O1. The van der Waals surface area contributed by atoms with Gasteiger partial charge in [-0.25, -0.2) is 0 Å². The molecule has 7 heteroatoms. The summed E-state index contributed by atoms with van der Waals surface area (Å²) in [4.78, 5) is 28.4. The number of likely N-dealkylation sites (tertiary alicyclic amines) is 1. The molecule has 1 aromatic rings. The Bertz CT molecular complexity index is 579. The summed E-state index contributed by atoms with van der Waals surface area (Å²) in [5, 5.41) is 2.98. The third kappa shape index (κ3) is 4.83. The molecular weight excluding hydrogens is 322 g/mol. The van der Waals surface area contributed by atoms with E-state index in [0.29, 0.717) is 19.6 Å². The first-order valence-corrected chi connectivity index (χ1v) is 8.97. The highest BCUT2D eigenvalue weighted by Gasteiger charge is 2.34. The Labute approximate surface area is 148 Å². The van der Waals surface area contributed by atoms with Crippen LogP contribution in [0.2, 0.25) is 0 Å². The molecule has 0 spiro atoms. The molecule has 3 rings (SSSR count). The largest absolute Gasteiger partial charge is 0.467 e. The maximum absolute atomic E-state index is 12.4. The normalized spacial score (nSPS) is 27.7. The molecule has 3 heterocycles. The fourth-order valence-electron chi connectivity index (χ4n) is 3.64. The zero-order valence-corrected chi connectivity index (χ0v) is 14.9. The van der Waals surface area contributed by atoms with Crippen molar-refractivity contribution in [1.82, 2.24) is 15.1 Å². The summed E-state index contributed by atoms with van der Waals surface area (Å²) in [7, 11) is 0. The van der Waals surface area contributed by atoms with Crippen LogP contribution in [0.1, 0.15) is 26.0 Å². The minimum atomic E-state index is -0.273. The van der Waals surface area contributed by atoms with E-state index >= 15 is 0 Å². The molecule has 7 nitrogen and oxygen atoms in total. The molecule has 138 valence electrons. The predicted octanol–water partition coefficient (Wildman–Crippen LogP) is 0.854. The van der Waals surface area contributed by atoms with E-state index in [0.717, 1.165) is 25.4 Å². The molecule has 2 fully saturated rings. The fraction of sp³-hybridized carbons (Fsp3) is 0.667. The molecule has 25 heavy (non-hydrogen) atoms. The molecule has 0 radical (unpaired) electrons. The van der Waals surface area contributed by atoms with E-state index in [4.69, 9.17) is 9.15 Å². The smallest absolute Gasteiger partial charge is 0.225 e. The summed E-state index contributed by atoms with van der Waals surface area (Å²) in [6, 6.07) is 3.64. The molecule has 1 aromatic heterocycles. The monoisotopic (exact) mass is 349 g/mol. The van der Waals surface area contributed by atoms with Gasteiger partial charge in [0, 0.05) is 39.1 Å². The summed E-state index contributed by atoms with van der Waals surface area (Å²) >= 11 is 0. The number of nitrogens with one attached hydrogen (secondary N) is 1. The van der Waals surface area contributed by atoms with Gasteiger partial charge in [0.2, 0.25) is 11.8 Å². The van der Waals surface area contributed by atoms with E-state index < -0.39 is 0 Å². The first kappa shape index (κ1) is 17.9. The summed E-state index contributed by atoms with van der Waals surface area (Å²) in [5.41, 5.74) is 0. The lowest BCUT2D eigenvalue weighted by Gasteiger charge is -2.35. The van der Waals surface area contributed by atoms with Crippen LogP contribution < -0.4 is 5.32 Å². The van der Waals surface area contributed by atoms with Crippen LogP contribution >= 0.6 is 0 Å². The molecule has 2 aliphatic rings. The fourth-order valence-corrected chi connectivity index (χ4v) is 3.64. The van der Waals surface area contributed by atoms with Gasteiger partial charge < -0.3 is 19.4 Å². The second-order valence-electron chi connectivity index (χ2n) is 7.06. The lowest BCUT2D eigenvalue weighted by Crippen LogP contribution is -2.48. The van der Waals surface area contributed by atoms with Crippen molar-refractivity contribution in [2.24, 2.45) is 5.92 Å². The number of amides is 2. The molecule has 0 saturated carbocycles. The van der Waals surface area contributed by atoms with Crippen LogP contribution in [0.3, 0.4) is 0 Å². The minimum absolute atomic E-state index is 0.00683. The number of hydrogen-bond donors (Lipinski definition) is 1. The number of nitrogens with zero attached hydrogens (tertiary/aromatic N) is 2. The van der Waals surface area contributed by atoms with Crippen LogP contribution in [0.4, 0.5) is 0 Å². The Morgan fingerprint density at radius 2 is 2.04 bits per heavy atom. The van der Waals surface area contributed by atoms with Gasteiger partial charge in [-0.15, -0.1) is 0 Å². The zero-order valence-electron chi connectivity index (χ0n) is 14.9. The molecule has 2 aliphatic heterocycles. The van der Waals surface area contributed by atoms with Crippen molar-refractivity contribution in [3.05, 3.63) is 24.2 Å². The van der Waals surface area contributed by atoms with Gasteiger partial charge in [0.25, 0.3) is 0 Å². The van der Waals surface area contributed by atoms with Gasteiger partial charge in [-0.2, -0.15) is 0 Å². The molecule has 0 aliphatic carbocycles. The topological polar surface area (TPSA) is 75.0 Å². The van der Waals surface area contributed by atoms with Gasteiger partial charge >= 0.3 is 0 Å². The van der Waals surface area contributed by atoms with Crippen LogP contribution in [-0.2, 0) is 20.9 Å². The Hall–Kier alpha value is -1.86. The molecular formula is C18H27N3O4. The summed E-state index contributed by atoms with van der Waals surface area (Å²) in [6.07, 6.45) is 2.31. The molecule has 2 amide bonds. The average Bonchev–Trinajstić information content (AvgIpc) is 3.17. The van der Waals surface area contributed by atoms with E-state index in [1.54, 1.807) is 17.2 Å². The van der Waals surface area contributed by atoms with Gasteiger partial charge in [-0.3, -0.25) is 14.5 Å². The highest BCUT2D eigenvalue weighted by Crippen LogP contribution is 2.20. The Kier molecular flexibility index (Phi) is 5.75. The zero-order chi connectivity index (χ0) is 17.8. The van der Waals surface area contributed by atoms with Crippen molar-refractivity contribution in [3.63, 3.8) is 0 Å². The van der Waals surface area contributed by atoms with Crippen LogP contribution in [0, 0.1) is 5.92 Å². The highest BCUT2D eigenvalue weighted by molar-refractivity contribution is 5.89. The van der Waals surface area contributed by atoms with Gasteiger partial charge in [-0.05, 0) is 26.0 Å². The van der Waals surface area contributed by atoms with Gasteiger partial charge in [0.15, 0.2) is 0 Å². The Morgan fingerprint density at radius 1 is 1.28 bits per heavy atom. The first-order chi connectivity index (χ1) is 12.0. The maximum atomic E-state index is 12.4. The van der Waals surface area contributed by atoms with Crippen molar-refractivity contribution in [1.29, 1.82) is 0 Å². The number of hydrogen-bond acceptors (Lipinski definition) is 5. The number of morpholine rings is 1. The van der Waals surface area contributed by atoms with Crippen LogP contribution in [0.15, 0.2) is 22.8 Å². The highest BCUT2D eigenvalue weighted by atomic mass is 16.5. The minimum Gasteiger partial charge on any atom is -0.467 e. The molecule has 1 N–H and O–H groups in total. The first-order valence-electron chi connectivity index (χ1n) is 8.97. The van der Waals surface area contributed by atoms with Crippen LogP contribution in [0.25, 0.3) is 0 Å². The Morgan fingerprint density at radius 3 is 2.72 bits per heavy atom. The lowest BCUT2D eigenvalue weighted by atomic mass is 10.1. The number of carbonyl (C=O) groups is 2. The standard InChI is InChI=1S/C18H27N3O4/c1-13-9-20(10-14(2)25-13)6-5-19-18(23)15-8-17(22)21(11-15)12-16-4-3-7-24-16/h3-4,7,13-15H,5-6,8-12H2,1-2H3,(H,19,23)/t13-,14-,15+/m1/s1. The van der Waals surface area contributed by atoms with Crippen molar-refractivity contribution < 1.29 is 18.7 Å². The van der Waals surface area contributed by atoms with Crippen LogP contribution in [-0.4, -0.2) is 66.5 Å². The summed E-state index contributed by atoms with van der Waals surface area (Å²) < 4.78 is 11.0. The summed E-state index contributed by atoms with van der Waals surface area (Å²) in [5.74, 6) is 0.437. The van der Waals surface area contributed by atoms with Crippen molar-refractivity contribution >= 4 is 11.8 Å². The second kappa shape index (κ2) is 8.01. The van der Waals surface area contributed by atoms with Crippen molar-refractivity contribution in [2.75, 3.05) is 32.7 Å². The van der Waals surface area contributed by atoms with E-state index in [1.807, 2.05) is 6.07 Å². The molecule has 0 unspecified atom stereocenters. The van der Waals surface area contributed by atoms with Crippen LogP contribution in [0.5, 0.6) is 0 Å². The second-order valence-corrected chi connectivity index (χ2v) is 7.06. The average molecular weight is 349 g/mol. The van der Waals surface area contributed by atoms with Crippen molar-refractivity contribution in [3.8, 4) is 0 Å². The predicted molar refractivity (Wildman–Crippen MR) is 91.7 cm³/mol. The van der Waals surface area contributed by atoms with Crippen molar-refractivity contribution in [2.45, 2.75) is 39.0 Å². The van der Waals surface area contributed by atoms with E-state index in [2.05, 4.69) is 24.1 Å². The number of ether oxygens (including phenoxy) is 1. The number of furan rings is 1. The number of carbonyl (C=O) groups excluding carboxylic acids is 2. The van der Waals surface area contributed by atoms with Gasteiger partial charge in [-0.1, -0.05) is 0 Å². The van der Waals surface area contributed by atoms with E-state index in [1.165, 1.54) is 0 Å². The molecule has 0 aromatic carbocycles. The Balaban J connectivity index is 1.40. The van der Waals surface area contributed by atoms with E-state index in [-0.39, 0.29) is 36.4 Å². The third-order valence-electron chi connectivity index (χ3n) is 4.73. The third-order valence-corrected chi connectivity index (χ3v) is 4.73. The maximum Gasteiger partial charge on any atom is 0.225 e. The lowest BCUT2D eigenvalue weighted by molar-refractivity contribution is -0.129. The van der Waals surface area contributed by atoms with E-state index in [9.17, 15) is 9.59 Å².